The molecule has 0 fully saturated rings. The molecule has 0 aliphatic carbocycles. The summed E-state index contributed by atoms with van der Waals surface area (Å²) >= 11 is 0. The Bertz CT molecular complexity index is 867. The number of rotatable bonds is 6. The smallest absolute Gasteiger partial charge is 0.129 e. The van der Waals surface area contributed by atoms with Crippen LogP contribution in [0.25, 0.3) is 10.8 Å². The quantitative estimate of drug-likeness (QED) is 0.464. The molecule has 0 aliphatic heterocycles. The van der Waals surface area contributed by atoms with Crippen molar-refractivity contribution in [3.63, 3.8) is 0 Å². The van der Waals surface area contributed by atoms with E-state index in [0.717, 1.165) is 33.5 Å². The van der Waals surface area contributed by atoms with Crippen molar-refractivity contribution in [2.75, 3.05) is 13.7 Å². The first-order valence-corrected chi connectivity index (χ1v) is 7.75. The Morgan fingerprint density at radius 1 is 1.00 bits per heavy atom. The third-order valence-electron chi connectivity index (χ3n) is 3.70. The zero-order valence-corrected chi connectivity index (χ0v) is 13.6. The first-order chi connectivity index (χ1) is 11.8. The molecular weight excluding hydrogens is 298 g/mol. The largest absolute Gasteiger partial charge is 0.497 e. The lowest BCUT2D eigenvalue weighted by atomic mass is 10.0. The third kappa shape index (κ3) is 3.46. The number of hydrogen-bond donors (Lipinski definition) is 0. The molecule has 0 saturated heterocycles. The third-order valence-corrected chi connectivity index (χ3v) is 3.70. The highest BCUT2D eigenvalue weighted by Gasteiger charge is 2.06. The summed E-state index contributed by atoms with van der Waals surface area (Å²) in [6.45, 7) is 4.17. The van der Waals surface area contributed by atoms with Crippen LogP contribution in [0, 0.1) is 0 Å². The van der Waals surface area contributed by atoms with Crippen LogP contribution in [-0.4, -0.2) is 19.9 Å². The van der Waals surface area contributed by atoms with Gasteiger partial charge in [0.1, 0.15) is 18.1 Å². The van der Waals surface area contributed by atoms with Crippen molar-refractivity contribution < 1.29 is 9.47 Å². The Kier molecular flexibility index (Phi) is 4.92. The van der Waals surface area contributed by atoms with Gasteiger partial charge in [0.05, 0.1) is 12.8 Å². The van der Waals surface area contributed by atoms with E-state index in [-0.39, 0.29) is 0 Å². The molecule has 0 radical (unpaired) electrons. The van der Waals surface area contributed by atoms with Crippen molar-refractivity contribution >= 4 is 22.7 Å². The van der Waals surface area contributed by atoms with Crippen LogP contribution in [0.1, 0.15) is 5.56 Å². The predicted octanol–water partition coefficient (Wildman–Crippen LogP) is 5.16. The Morgan fingerprint density at radius 3 is 2.54 bits per heavy atom. The van der Waals surface area contributed by atoms with Gasteiger partial charge in [-0.2, -0.15) is 0 Å². The maximum Gasteiger partial charge on any atom is 0.129 e. The van der Waals surface area contributed by atoms with E-state index in [2.05, 4.69) is 29.8 Å². The number of fused-ring (bicyclic) bond motifs is 1. The van der Waals surface area contributed by atoms with Gasteiger partial charge in [0.15, 0.2) is 0 Å². The number of hydrogen-bond acceptors (Lipinski definition) is 3. The second-order valence-corrected chi connectivity index (χ2v) is 5.25. The Balaban J connectivity index is 2.01. The normalized spacial score (nSPS) is 10.9. The van der Waals surface area contributed by atoms with Crippen LogP contribution in [0.2, 0.25) is 0 Å². The van der Waals surface area contributed by atoms with Crippen molar-refractivity contribution in [1.82, 2.24) is 0 Å². The lowest BCUT2D eigenvalue weighted by molar-refractivity contribution is 0.363. The van der Waals surface area contributed by atoms with Crippen molar-refractivity contribution in [2.45, 2.75) is 0 Å². The summed E-state index contributed by atoms with van der Waals surface area (Å²) in [5.41, 5.74) is 1.82. The van der Waals surface area contributed by atoms with Crippen LogP contribution in [-0.2, 0) is 0 Å². The van der Waals surface area contributed by atoms with E-state index in [1.54, 1.807) is 13.2 Å². The van der Waals surface area contributed by atoms with Gasteiger partial charge < -0.3 is 9.47 Å². The van der Waals surface area contributed by atoms with Crippen LogP contribution in [0.4, 0.5) is 5.69 Å². The van der Waals surface area contributed by atoms with Crippen molar-refractivity contribution in [2.24, 2.45) is 4.99 Å². The number of methoxy groups -OCH3 is 1. The van der Waals surface area contributed by atoms with Crippen molar-refractivity contribution in [3.05, 3.63) is 78.9 Å². The topological polar surface area (TPSA) is 30.8 Å². The van der Waals surface area contributed by atoms with E-state index < -0.39 is 0 Å². The zero-order chi connectivity index (χ0) is 16.8. The molecule has 120 valence electrons. The standard InChI is InChI=1S/C21H19NO2/c1-3-14-24-21-13-8-16-6-4-5-7-19(16)20(21)15-22-17-9-11-18(23-2)12-10-17/h3-13,15H,1,14H2,2H3. The first-order valence-electron chi connectivity index (χ1n) is 7.75. The Hall–Kier alpha value is -3.07. The van der Waals surface area contributed by atoms with E-state index in [9.17, 15) is 0 Å². The summed E-state index contributed by atoms with van der Waals surface area (Å²) < 4.78 is 11.0. The average Bonchev–Trinajstić information content (AvgIpc) is 2.65. The summed E-state index contributed by atoms with van der Waals surface area (Å²) in [7, 11) is 1.65. The van der Waals surface area contributed by atoms with Gasteiger partial charge in [0.2, 0.25) is 0 Å². The second-order valence-electron chi connectivity index (χ2n) is 5.25. The minimum Gasteiger partial charge on any atom is -0.497 e. The monoisotopic (exact) mass is 317 g/mol. The van der Waals surface area contributed by atoms with Gasteiger partial charge >= 0.3 is 0 Å². The van der Waals surface area contributed by atoms with E-state index in [1.807, 2.05) is 48.7 Å². The summed E-state index contributed by atoms with van der Waals surface area (Å²) in [5, 5.41) is 2.26. The van der Waals surface area contributed by atoms with Crippen LogP contribution in [0.3, 0.4) is 0 Å². The molecule has 0 heterocycles. The summed E-state index contributed by atoms with van der Waals surface area (Å²) in [5.74, 6) is 1.61. The van der Waals surface area contributed by atoms with E-state index in [1.165, 1.54) is 0 Å². The molecule has 3 rings (SSSR count). The highest BCUT2D eigenvalue weighted by molar-refractivity contribution is 6.03. The van der Waals surface area contributed by atoms with Crippen LogP contribution >= 0.6 is 0 Å². The van der Waals surface area contributed by atoms with Gasteiger partial charge in [-0.25, -0.2) is 0 Å². The number of nitrogens with zero attached hydrogens (tertiary/aromatic N) is 1. The maximum atomic E-state index is 5.79. The van der Waals surface area contributed by atoms with Crippen molar-refractivity contribution in [1.29, 1.82) is 0 Å². The molecule has 0 N–H and O–H groups in total. The Morgan fingerprint density at radius 2 is 1.79 bits per heavy atom. The number of benzene rings is 3. The number of ether oxygens (including phenoxy) is 2. The summed E-state index contributed by atoms with van der Waals surface area (Å²) in [6.07, 6.45) is 3.59. The second kappa shape index (κ2) is 7.47. The zero-order valence-electron chi connectivity index (χ0n) is 13.6. The molecule has 0 bridgehead atoms. The molecule has 3 aromatic carbocycles. The fourth-order valence-corrected chi connectivity index (χ4v) is 2.49. The molecule has 0 unspecified atom stereocenters. The molecule has 0 spiro atoms. The predicted molar refractivity (Wildman–Crippen MR) is 99.9 cm³/mol. The van der Waals surface area contributed by atoms with Gasteiger partial charge in [-0.1, -0.05) is 43.0 Å². The molecular formula is C21H19NO2. The number of aliphatic imine (C=N–C) groups is 1. The van der Waals surface area contributed by atoms with Crippen LogP contribution in [0.5, 0.6) is 11.5 Å². The van der Waals surface area contributed by atoms with Crippen LogP contribution in [0.15, 0.2) is 78.3 Å². The molecule has 3 aromatic rings. The van der Waals surface area contributed by atoms with Gasteiger partial charge in [0, 0.05) is 11.8 Å². The van der Waals surface area contributed by atoms with Gasteiger partial charge in [-0.15, -0.1) is 0 Å². The first kappa shape index (κ1) is 15.8. The van der Waals surface area contributed by atoms with Gasteiger partial charge in [-0.3, -0.25) is 4.99 Å². The van der Waals surface area contributed by atoms with Gasteiger partial charge in [0.25, 0.3) is 0 Å². The van der Waals surface area contributed by atoms with E-state index in [0.29, 0.717) is 6.61 Å². The lowest BCUT2D eigenvalue weighted by Gasteiger charge is -2.10. The lowest BCUT2D eigenvalue weighted by Crippen LogP contribution is -1.98. The molecule has 0 amide bonds. The molecule has 0 aliphatic rings. The fourth-order valence-electron chi connectivity index (χ4n) is 2.49. The minimum absolute atomic E-state index is 0.460. The fraction of sp³-hybridized carbons (Fsp3) is 0.0952. The average molecular weight is 317 g/mol. The molecule has 24 heavy (non-hydrogen) atoms. The molecule has 0 aromatic heterocycles. The van der Waals surface area contributed by atoms with Gasteiger partial charge in [-0.05, 0) is 41.1 Å². The highest BCUT2D eigenvalue weighted by Crippen LogP contribution is 2.27. The maximum absolute atomic E-state index is 5.79. The summed E-state index contributed by atoms with van der Waals surface area (Å²) in [4.78, 5) is 4.58. The minimum atomic E-state index is 0.460. The van der Waals surface area contributed by atoms with Crippen molar-refractivity contribution in [3.8, 4) is 11.5 Å². The SMILES string of the molecule is C=CCOc1ccc2ccccc2c1C=Nc1ccc(OC)cc1. The van der Waals surface area contributed by atoms with E-state index >= 15 is 0 Å². The molecule has 3 heteroatoms. The molecule has 3 nitrogen and oxygen atoms in total. The Labute approximate surface area is 141 Å². The molecule has 0 saturated carbocycles. The summed E-state index contributed by atoms with van der Waals surface area (Å²) in [6, 6.07) is 19.9. The van der Waals surface area contributed by atoms with Crippen LogP contribution < -0.4 is 9.47 Å². The highest BCUT2D eigenvalue weighted by atomic mass is 16.5. The molecule has 0 atom stereocenters. The van der Waals surface area contributed by atoms with E-state index in [4.69, 9.17) is 9.47 Å².